The summed E-state index contributed by atoms with van der Waals surface area (Å²) in [5.41, 5.74) is 1.48. The molecule has 0 unspecified atom stereocenters. The Kier molecular flexibility index (Phi) is 4.75. The predicted octanol–water partition coefficient (Wildman–Crippen LogP) is 3.61. The zero-order valence-electron chi connectivity index (χ0n) is 11.7. The Labute approximate surface area is 141 Å². The SMILES string of the molecule is Cc1csc(SCC(=O)Nc2cc3c(cc2Cl)OCCO3)n1. The topological polar surface area (TPSA) is 60.5 Å². The monoisotopic (exact) mass is 356 g/mol. The van der Waals surface area contributed by atoms with Crippen molar-refractivity contribution < 1.29 is 14.3 Å². The van der Waals surface area contributed by atoms with Gasteiger partial charge in [-0.1, -0.05) is 23.4 Å². The molecule has 8 heteroatoms. The molecule has 0 aliphatic carbocycles. The van der Waals surface area contributed by atoms with Crippen LogP contribution in [0.1, 0.15) is 5.69 Å². The molecular weight excluding hydrogens is 344 g/mol. The van der Waals surface area contributed by atoms with E-state index >= 15 is 0 Å². The van der Waals surface area contributed by atoms with E-state index in [2.05, 4.69) is 10.3 Å². The van der Waals surface area contributed by atoms with Gasteiger partial charge in [-0.3, -0.25) is 4.79 Å². The van der Waals surface area contributed by atoms with Crippen molar-refractivity contribution in [2.75, 3.05) is 24.3 Å². The molecule has 3 rings (SSSR count). The summed E-state index contributed by atoms with van der Waals surface area (Å²) in [4.78, 5) is 16.3. The summed E-state index contributed by atoms with van der Waals surface area (Å²) < 4.78 is 11.8. The number of thiazole rings is 1. The third kappa shape index (κ3) is 3.66. The van der Waals surface area contributed by atoms with Crippen molar-refractivity contribution in [1.82, 2.24) is 4.98 Å². The second kappa shape index (κ2) is 6.76. The predicted molar refractivity (Wildman–Crippen MR) is 88.6 cm³/mol. The highest BCUT2D eigenvalue weighted by molar-refractivity contribution is 8.01. The largest absolute Gasteiger partial charge is 0.486 e. The number of thioether (sulfide) groups is 1. The van der Waals surface area contributed by atoms with Crippen molar-refractivity contribution in [3.8, 4) is 11.5 Å². The van der Waals surface area contributed by atoms with Gasteiger partial charge in [-0.05, 0) is 6.92 Å². The number of aryl methyl sites for hydroxylation is 1. The maximum Gasteiger partial charge on any atom is 0.234 e. The average Bonchev–Trinajstić information content (AvgIpc) is 2.91. The summed E-state index contributed by atoms with van der Waals surface area (Å²) in [5, 5.41) is 5.17. The first-order valence-corrected chi connectivity index (χ1v) is 8.80. The number of amides is 1. The Morgan fingerprint density at radius 2 is 2.14 bits per heavy atom. The summed E-state index contributed by atoms with van der Waals surface area (Å²) in [5.74, 6) is 1.32. The van der Waals surface area contributed by atoms with Gasteiger partial charge in [0.25, 0.3) is 0 Å². The second-order valence-electron chi connectivity index (χ2n) is 4.57. The average molecular weight is 357 g/mol. The number of carbonyl (C=O) groups excluding carboxylic acids is 1. The van der Waals surface area contributed by atoms with Crippen LogP contribution in [0.5, 0.6) is 11.5 Å². The third-order valence-electron chi connectivity index (χ3n) is 2.83. The Hall–Kier alpha value is -1.44. The Morgan fingerprint density at radius 1 is 1.41 bits per heavy atom. The molecule has 1 amide bonds. The molecule has 1 aliphatic heterocycles. The molecule has 0 saturated carbocycles. The molecule has 2 heterocycles. The lowest BCUT2D eigenvalue weighted by atomic mass is 10.2. The van der Waals surface area contributed by atoms with E-state index < -0.39 is 0 Å². The summed E-state index contributed by atoms with van der Waals surface area (Å²) in [6.45, 7) is 2.91. The first-order valence-electron chi connectivity index (χ1n) is 6.56. The van der Waals surface area contributed by atoms with E-state index in [-0.39, 0.29) is 11.7 Å². The number of carbonyl (C=O) groups is 1. The van der Waals surface area contributed by atoms with Crippen LogP contribution in [0.15, 0.2) is 21.9 Å². The van der Waals surface area contributed by atoms with E-state index in [1.165, 1.54) is 23.1 Å². The van der Waals surface area contributed by atoms with Gasteiger partial charge in [0, 0.05) is 23.2 Å². The Balaban J connectivity index is 1.63. The van der Waals surface area contributed by atoms with Gasteiger partial charge in [-0.2, -0.15) is 0 Å². The molecule has 0 radical (unpaired) electrons. The number of hydrogen-bond donors (Lipinski definition) is 1. The van der Waals surface area contributed by atoms with E-state index in [0.717, 1.165) is 10.0 Å². The highest BCUT2D eigenvalue weighted by Crippen LogP contribution is 2.38. The number of fused-ring (bicyclic) bond motifs is 1. The van der Waals surface area contributed by atoms with Crippen LogP contribution in [0.4, 0.5) is 5.69 Å². The fourth-order valence-electron chi connectivity index (χ4n) is 1.87. The minimum Gasteiger partial charge on any atom is -0.486 e. The van der Waals surface area contributed by atoms with Gasteiger partial charge in [0.1, 0.15) is 13.2 Å². The van der Waals surface area contributed by atoms with Crippen molar-refractivity contribution >= 4 is 46.3 Å². The minimum atomic E-state index is -0.142. The molecule has 1 N–H and O–H groups in total. The van der Waals surface area contributed by atoms with E-state index in [0.29, 0.717) is 35.4 Å². The fraction of sp³-hybridized carbons (Fsp3) is 0.286. The molecule has 22 heavy (non-hydrogen) atoms. The lowest BCUT2D eigenvalue weighted by Crippen LogP contribution is -2.17. The van der Waals surface area contributed by atoms with Crippen LogP contribution < -0.4 is 14.8 Å². The third-order valence-corrected chi connectivity index (χ3v) is 5.28. The van der Waals surface area contributed by atoms with Crippen molar-refractivity contribution in [1.29, 1.82) is 0 Å². The molecule has 0 saturated heterocycles. The molecule has 0 atom stereocenters. The molecule has 0 fully saturated rings. The maximum absolute atomic E-state index is 12.0. The number of halogens is 1. The van der Waals surface area contributed by atoms with E-state index in [9.17, 15) is 4.79 Å². The first kappa shape index (κ1) is 15.5. The van der Waals surface area contributed by atoms with Crippen LogP contribution in [-0.2, 0) is 4.79 Å². The number of hydrogen-bond acceptors (Lipinski definition) is 6. The number of ether oxygens (including phenoxy) is 2. The highest BCUT2D eigenvalue weighted by atomic mass is 35.5. The maximum atomic E-state index is 12.0. The van der Waals surface area contributed by atoms with E-state index in [1.807, 2.05) is 12.3 Å². The van der Waals surface area contributed by atoms with Crippen LogP contribution in [0.25, 0.3) is 0 Å². The van der Waals surface area contributed by atoms with Gasteiger partial charge in [0.05, 0.1) is 16.5 Å². The minimum absolute atomic E-state index is 0.142. The second-order valence-corrected chi connectivity index (χ2v) is 7.06. The summed E-state index contributed by atoms with van der Waals surface area (Å²) in [6, 6.07) is 3.34. The van der Waals surface area contributed by atoms with Gasteiger partial charge in [-0.15, -0.1) is 11.3 Å². The molecule has 1 aliphatic rings. The highest BCUT2D eigenvalue weighted by Gasteiger charge is 2.16. The van der Waals surface area contributed by atoms with Crippen molar-refractivity contribution in [2.24, 2.45) is 0 Å². The van der Waals surface area contributed by atoms with Gasteiger partial charge in [0.15, 0.2) is 15.8 Å². The molecular formula is C14H13ClN2O3S2. The molecule has 1 aromatic carbocycles. The number of aromatic nitrogens is 1. The normalized spacial score (nSPS) is 13.0. The van der Waals surface area contributed by atoms with Crippen LogP contribution in [0.2, 0.25) is 5.02 Å². The fourth-order valence-corrected chi connectivity index (χ4v) is 3.72. The number of nitrogens with zero attached hydrogens (tertiary/aromatic N) is 1. The van der Waals surface area contributed by atoms with Gasteiger partial charge in [0.2, 0.25) is 5.91 Å². The molecule has 1 aromatic heterocycles. The van der Waals surface area contributed by atoms with Crippen molar-refractivity contribution in [2.45, 2.75) is 11.3 Å². The van der Waals surface area contributed by atoms with Crippen LogP contribution in [-0.4, -0.2) is 29.9 Å². The molecule has 116 valence electrons. The summed E-state index contributed by atoms with van der Waals surface area (Å²) in [7, 11) is 0. The summed E-state index contributed by atoms with van der Waals surface area (Å²) in [6.07, 6.45) is 0. The zero-order chi connectivity index (χ0) is 15.5. The van der Waals surface area contributed by atoms with Gasteiger partial charge in [-0.25, -0.2) is 4.98 Å². The van der Waals surface area contributed by atoms with E-state index in [4.69, 9.17) is 21.1 Å². The Morgan fingerprint density at radius 3 is 2.82 bits per heavy atom. The van der Waals surface area contributed by atoms with Crippen molar-refractivity contribution in [3.63, 3.8) is 0 Å². The number of rotatable bonds is 4. The molecule has 0 bridgehead atoms. The van der Waals surface area contributed by atoms with E-state index in [1.54, 1.807) is 12.1 Å². The smallest absolute Gasteiger partial charge is 0.234 e. The van der Waals surface area contributed by atoms with Crippen molar-refractivity contribution in [3.05, 3.63) is 28.2 Å². The lowest BCUT2D eigenvalue weighted by molar-refractivity contribution is -0.113. The first-order chi connectivity index (χ1) is 10.6. The molecule has 0 spiro atoms. The molecule has 5 nitrogen and oxygen atoms in total. The Bertz CT molecular complexity index is 705. The number of benzene rings is 1. The number of anilines is 1. The lowest BCUT2D eigenvalue weighted by Gasteiger charge is -2.19. The zero-order valence-corrected chi connectivity index (χ0v) is 14.1. The quantitative estimate of drug-likeness (QED) is 0.848. The van der Waals surface area contributed by atoms with Crippen LogP contribution in [0.3, 0.4) is 0 Å². The summed E-state index contributed by atoms with van der Waals surface area (Å²) >= 11 is 9.09. The number of nitrogens with one attached hydrogen (secondary N) is 1. The van der Waals surface area contributed by atoms with Crippen LogP contribution in [0, 0.1) is 6.92 Å². The van der Waals surface area contributed by atoms with Gasteiger partial charge >= 0.3 is 0 Å². The van der Waals surface area contributed by atoms with Crippen LogP contribution >= 0.6 is 34.7 Å². The molecule has 2 aromatic rings. The van der Waals surface area contributed by atoms with Gasteiger partial charge < -0.3 is 14.8 Å². The standard InChI is InChI=1S/C14H13ClN2O3S2/c1-8-6-21-14(16-8)22-7-13(18)17-10-5-12-11(4-9(10)15)19-2-3-20-12/h4-6H,2-3,7H2,1H3,(H,17,18).